The molecule has 2 aliphatic rings. The van der Waals surface area contributed by atoms with Crippen LogP contribution >= 0.6 is 0 Å². The normalized spacial score (nSPS) is 20.1. The molecule has 0 radical (unpaired) electrons. The van der Waals surface area contributed by atoms with Crippen LogP contribution in [0, 0.1) is 5.92 Å². The summed E-state index contributed by atoms with van der Waals surface area (Å²) in [5.41, 5.74) is 1.21. The first-order valence-corrected chi connectivity index (χ1v) is 9.02. The van der Waals surface area contributed by atoms with Gasteiger partial charge in [0.1, 0.15) is 5.75 Å². The SMILES string of the molecule is O=C(c1cccnc1)N1N=C(c2ccccc2O)[C@@H](CN2CCCC2)C1=O. The smallest absolute Gasteiger partial charge is 0.282 e. The molecule has 1 saturated heterocycles. The van der Waals surface area contributed by atoms with E-state index in [1.165, 1.54) is 6.20 Å². The van der Waals surface area contributed by atoms with Crippen LogP contribution in [0.15, 0.2) is 53.9 Å². The number of hydrogen-bond donors (Lipinski definition) is 1. The number of hydrazone groups is 1. The minimum absolute atomic E-state index is 0.0474. The van der Waals surface area contributed by atoms with Crippen molar-refractivity contribution >= 4 is 17.5 Å². The Balaban J connectivity index is 1.70. The number of pyridine rings is 1. The summed E-state index contributed by atoms with van der Waals surface area (Å²) in [6.07, 6.45) is 5.18. The van der Waals surface area contributed by atoms with Crippen LogP contribution in [-0.2, 0) is 4.79 Å². The summed E-state index contributed by atoms with van der Waals surface area (Å²) < 4.78 is 0. The van der Waals surface area contributed by atoms with Crippen LogP contribution < -0.4 is 0 Å². The van der Waals surface area contributed by atoms with Crippen molar-refractivity contribution in [3.63, 3.8) is 0 Å². The summed E-state index contributed by atoms with van der Waals surface area (Å²) in [4.78, 5) is 32.0. The Kier molecular flexibility index (Phi) is 4.68. The van der Waals surface area contributed by atoms with E-state index in [0.717, 1.165) is 30.9 Å². The lowest BCUT2D eigenvalue weighted by Crippen LogP contribution is -2.38. The third-order valence-electron chi connectivity index (χ3n) is 4.96. The highest BCUT2D eigenvalue weighted by Gasteiger charge is 2.42. The molecule has 1 fully saturated rings. The fourth-order valence-electron chi connectivity index (χ4n) is 3.57. The van der Waals surface area contributed by atoms with Gasteiger partial charge in [0, 0.05) is 24.5 Å². The van der Waals surface area contributed by atoms with Crippen LogP contribution in [0.3, 0.4) is 0 Å². The Labute approximate surface area is 156 Å². The Bertz CT molecular complexity index is 891. The first-order valence-electron chi connectivity index (χ1n) is 9.02. The van der Waals surface area contributed by atoms with Crippen molar-refractivity contribution < 1.29 is 14.7 Å². The van der Waals surface area contributed by atoms with Gasteiger partial charge in [0.25, 0.3) is 11.8 Å². The summed E-state index contributed by atoms with van der Waals surface area (Å²) in [5.74, 6) is -1.41. The van der Waals surface area contributed by atoms with Crippen molar-refractivity contribution in [2.75, 3.05) is 19.6 Å². The number of imide groups is 1. The van der Waals surface area contributed by atoms with Crippen molar-refractivity contribution in [1.29, 1.82) is 0 Å². The molecule has 2 aromatic rings. The van der Waals surface area contributed by atoms with Crippen LogP contribution in [0.4, 0.5) is 0 Å². The van der Waals surface area contributed by atoms with Crippen molar-refractivity contribution in [2.24, 2.45) is 11.0 Å². The molecule has 0 spiro atoms. The van der Waals surface area contributed by atoms with E-state index in [0.29, 0.717) is 23.4 Å². The predicted octanol–water partition coefficient (Wildman–Crippen LogP) is 1.89. The first-order chi connectivity index (χ1) is 13.1. The zero-order chi connectivity index (χ0) is 18.8. The van der Waals surface area contributed by atoms with Gasteiger partial charge in [0.15, 0.2) is 0 Å². The van der Waals surface area contributed by atoms with Crippen LogP contribution in [0.2, 0.25) is 0 Å². The first kappa shape index (κ1) is 17.4. The lowest BCUT2D eigenvalue weighted by molar-refractivity contribution is -0.129. The third kappa shape index (κ3) is 3.33. The maximum Gasteiger partial charge on any atom is 0.282 e. The topological polar surface area (TPSA) is 86.1 Å². The molecule has 3 heterocycles. The number of likely N-dealkylation sites (tertiary alicyclic amines) is 1. The second-order valence-electron chi connectivity index (χ2n) is 6.76. The highest BCUT2D eigenvalue weighted by atomic mass is 16.3. The number of para-hydroxylation sites is 1. The maximum absolute atomic E-state index is 13.1. The number of nitrogens with zero attached hydrogens (tertiary/aromatic N) is 4. The summed E-state index contributed by atoms with van der Waals surface area (Å²) in [5, 5.41) is 15.5. The van der Waals surface area contributed by atoms with Gasteiger partial charge in [-0.1, -0.05) is 12.1 Å². The Hall–Kier alpha value is -3.06. The lowest BCUT2D eigenvalue weighted by Gasteiger charge is -2.20. The molecule has 1 aromatic heterocycles. The van der Waals surface area contributed by atoms with Gasteiger partial charge in [0.2, 0.25) is 0 Å². The monoisotopic (exact) mass is 364 g/mol. The standard InChI is InChI=1S/C20H20N4O3/c25-17-8-2-1-7-15(17)18-16(13-23-10-3-4-11-23)20(27)24(22-18)19(26)14-6-5-9-21-12-14/h1-2,5-9,12,16,25H,3-4,10-11,13H2/t16-/m1/s1. The quantitative estimate of drug-likeness (QED) is 0.838. The summed E-state index contributed by atoms with van der Waals surface area (Å²) >= 11 is 0. The van der Waals surface area contributed by atoms with Gasteiger partial charge in [-0.3, -0.25) is 14.6 Å². The van der Waals surface area contributed by atoms with Crippen LogP contribution in [0.25, 0.3) is 0 Å². The summed E-state index contributed by atoms with van der Waals surface area (Å²) in [6, 6.07) is 10.0. The number of aromatic hydroxyl groups is 1. The van der Waals surface area contributed by atoms with Gasteiger partial charge in [-0.15, -0.1) is 0 Å². The van der Waals surface area contributed by atoms with E-state index in [1.807, 2.05) is 0 Å². The predicted molar refractivity (Wildman–Crippen MR) is 99.2 cm³/mol. The Morgan fingerprint density at radius 2 is 1.93 bits per heavy atom. The van der Waals surface area contributed by atoms with Gasteiger partial charge in [0.05, 0.1) is 17.2 Å². The molecular formula is C20H20N4O3. The van der Waals surface area contributed by atoms with Crippen LogP contribution in [0.5, 0.6) is 5.75 Å². The van der Waals surface area contributed by atoms with E-state index in [2.05, 4.69) is 15.0 Å². The van der Waals surface area contributed by atoms with Crippen LogP contribution in [0.1, 0.15) is 28.8 Å². The lowest BCUT2D eigenvalue weighted by atomic mass is 9.95. The molecular weight excluding hydrogens is 344 g/mol. The highest BCUT2D eigenvalue weighted by molar-refractivity contribution is 6.22. The number of aromatic nitrogens is 1. The minimum atomic E-state index is -0.586. The minimum Gasteiger partial charge on any atom is -0.507 e. The largest absolute Gasteiger partial charge is 0.507 e. The molecule has 7 heteroatoms. The molecule has 4 rings (SSSR count). The number of hydrogen-bond acceptors (Lipinski definition) is 6. The summed E-state index contributed by atoms with van der Waals surface area (Å²) in [7, 11) is 0. The maximum atomic E-state index is 13.1. The van der Waals surface area contributed by atoms with Crippen molar-refractivity contribution in [2.45, 2.75) is 12.8 Å². The Morgan fingerprint density at radius 1 is 1.15 bits per heavy atom. The van der Waals surface area contributed by atoms with Crippen molar-refractivity contribution in [3.05, 3.63) is 59.9 Å². The van der Waals surface area contributed by atoms with Crippen molar-refractivity contribution in [1.82, 2.24) is 14.9 Å². The van der Waals surface area contributed by atoms with Gasteiger partial charge >= 0.3 is 0 Å². The van der Waals surface area contributed by atoms with E-state index >= 15 is 0 Å². The number of carbonyl (C=O) groups excluding carboxylic acids is 2. The molecule has 7 nitrogen and oxygen atoms in total. The zero-order valence-electron chi connectivity index (χ0n) is 14.8. The van der Waals surface area contributed by atoms with Crippen molar-refractivity contribution in [3.8, 4) is 5.75 Å². The number of benzene rings is 1. The van der Waals surface area contributed by atoms with E-state index in [-0.39, 0.29) is 11.7 Å². The molecule has 2 amide bonds. The number of amides is 2. The number of carbonyl (C=O) groups is 2. The average Bonchev–Trinajstić information content (AvgIpc) is 3.32. The summed E-state index contributed by atoms with van der Waals surface area (Å²) in [6.45, 7) is 2.34. The molecule has 2 aliphatic heterocycles. The van der Waals surface area contributed by atoms with E-state index < -0.39 is 11.8 Å². The number of rotatable bonds is 4. The molecule has 0 saturated carbocycles. The molecule has 1 atom stereocenters. The number of phenolic OH excluding ortho intramolecular Hbond substituents is 1. The molecule has 0 bridgehead atoms. The van der Waals surface area contributed by atoms with E-state index in [9.17, 15) is 14.7 Å². The highest BCUT2D eigenvalue weighted by Crippen LogP contribution is 2.29. The van der Waals surface area contributed by atoms with E-state index in [4.69, 9.17) is 0 Å². The Morgan fingerprint density at radius 3 is 2.63 bits per heavy atom. The second kappa shape index (κ2) is 7.28. The van der Waals surface area contributed by atoms with E-state index in [1.54, 1.807) is 42.6 Å². The molecule has 138 valence electrons. The second-order valence-corrected chi connectivity index (χ2v) is 6.76. The molecule has 0 aliphatic carbocycles. The van der Waals surface area contributed by atoms with Gasteiger partial charge in [-0.25, -0.2) is 0 Å². The number of phenols is 1. The molecule has 1 aromatic carbocycles. The molecule has 0 unspecified atom stereocenters. The average molecular weight is 364 g/mol. The van der Waals surface area contributed by atoms with Crippen LogP contribution in [-0.4, -0.2) is 57.2 Å². The van der Waals surface area contributed by atoms with Gasteiger partial charge in [-0.05, 0) is 50.2 Å². The van der Waals surface area contributed by atoms with Gasteiger partial charge in [-0.2, -0.15) is 10.1 Å². The van der Waals surface area contributed by atoms with Gasteiger partial charge < -0.3 is 10.0 Å². The fourth-order valence-corrected chi connectivity index (χ4v) is 3.57. The molecule has 27 heavy (non-hydrogen) atoms. The zero-order valence-corrected chi connectivity index (χ0v) is 14.8. The third-order valence-corrected chi connectivity index (χ3v) is 4.96. The fraction of sp³-hybridized carbons (Fsp3) is 0.300. The molecule has 1 N–H and O–H groups in total.